The number of nitrogens with zero attached hydrogens (tertiary/aromatic N) is 3. The smallest absolute Gasteiger partial charge is 0.270 e. The zero-order chi connectivity index (χ0) is 11.8. The fraction of sp³-hybridized carbons (Fsp3) is 0.500. The first-order valence-electron chi connectivity index (χ1n) is 5.42. The summed E-state index contributed by atoms with van der Waals surface area (Å²) in [6.07, 6.45) is 2.36. The van der Waals surface area contributed by atoms with Gasteiger partial charge in [0.1, 0.15) is 4.88 Å². The van der Waals surface area contributed by atoms with E-state index in [1.54, 1.807) is 0 Å². The molecule has 5 nitrogen and oxygen atoms in total. The molecule has 0 bridgehead atoms. The first kappa shape index (κ1) is 11.0. The van der Waals surface area contributed by atoms with E-state index in [0.29, 0.717) is 16.3 Å². The molecule has 17 heavy (non-hydrogen) atoms. The quantitative estimate of drug-likeness (QED) is 0.902. The third-order valence-electron chi connectivity index (χ3n) is 2.67. The van der Waals surface area contributed by atoms with Gasteiger partial charge in [-0.05, 0) is 25.5 Å². The average molecular weight is 268 g/mol. The Kier molecular flexibility index (Phi) is 2.79. The van der Waals surface area contributed by atoms with Gasteiger partial charge >= 0.3 is 0 Å². The number of thiazole rings is 1. The molecule has 1 saturated heterocycles. The van der Waals surface area contributed by atoms with Crippen molar-refractivity contribution >= 4 is 28.2 Å². The Labute approximate surface area is 107 Å². The standard InChI is InChI=1S/C10H12N4OS2/c1-5-7(17-10(11)12-5)9-13-8(14-15-9)6-3-2-4-16-6/h6H,2-4H2,1H3,(H2,11,12). The molecule has 1 atom stereocenters. The van der Waals surface area contributed by atoms with Gasteiger partial charge in [-0.1, -0.05) is 16.5 Å². The Balaban J connectivity index is 1.91. The lowest BCUT2D eigenvalue weighted by atomic mass is 10.2. The highest BCUT2D eigenvalue weighted by Gasteiger charge is 2.24. The Bertz CT molecular complexity index is 530. The Morgan fingerprint density at radius 3 is 2.94 bits per heavy atom. The molecule has 0 amide bonds. The van der Waals surface area contributed by atoms with Gasteiger partial charge in [0.05, 0.1) is 10.9 Å². The first-order chi connectivity index (χ1) is 8.24. The normalized spacial score (nSPS) is 19.9. The number of aryl methyl sites for hydroxylation is 1. The number of anilines is 1. The molecule has 0 spiro atoms. The summed E-state index contributed by atoms with van der Waals surface area (Å²) in [6, 6.07) is 0. The summed E-state index contributed by atoms with van der Waals surface area (Å²) in [5, 5.41) is 4.98. The van der Waals surface area contributed by atoms with Crippen molar-refractivity contribution < 1.29 is 4.52 Å². The van der Waals surface area contributed by atoms with E-state index < -0.39 is 0 Å². The molecule has 0 aliphatic carbocycles. The van der Waals surface area contributed by atoms with Gasteiger partial charge < -0.3 is 10.3 Å². The van der Waals surface area contributed by atoms with Gasteiger partial charge in [0, 0.05) is 0 Å². The minimum absolute atomic E-state index is 0.387. The SMILES string of the molecule is Cc1nc(N)sc1-c1nc(C2CCCS2)no1. The molecule has 0 aromatic carbocycles. The van der Waals surface area contributed by atoms with Crippen molar-refractivity contribution in [2.24, 2.45) is 0 Å². The second-order valence-electron chi connectivity index (χ2n) is 3.93. The maximum atomic E-state index is 5.66. The minimum Gasteiger partial charge on any atom is -0.375 e. The van der Waals surface area contributed by atoms with Gasteiger partial charge in [0.25, 0.3) is 5.89 Å². The molecule has 1 fully saturated rings. The molecule has 3 heterocycles. The monoisotopic (exact) mass is 268 g/mol. The van der Waals surface area contributed by atoms with Crippen molar-refractivity contribution in [1.29, 1.82) is 0 Å². The van der Waals surface area contributed by atoms with Gasteiger partial charge in [-0.15, -0.1) is 0 Å². The third kappa shape index (κ3) is 2.04. The van der Waals surface area contributed by atoms with Crippen LogP contribution in [0, 0.1) is 6.92 Å². The molecule has 2 N–H and O–H groups in total. The van der Waals surface area contributed by atoms with Crippen LogP contribution in [-0.4, -0.2) is 20.9 Å². The van der Waals surface area contributed by atoms with E-state index in [-0.39, 0.29) is 0 Å². The van der Waals surface area contributed by atoms with Gasteiger partial charge in [0.15, 0.2) is 11.0 Å². The summed E-state index contributed by atoms with van der Waals surface area (Å²) in [5.74, 6) is 2.52. The maximum absolute atomic E-state index is 5.66. The van der Waals surface area contributed by atoms with E-state index in [9.17, 15) is 0 Å². The molecule has 3 rings (SSSR count). The van der Waals surface area contributed by atoms with E-state index in [1.807, 2.05) is 18.7 Å². The number of hydrogen-bond donors (Lipinski definition) is 1. The average Bonchev–Trinajstić information content (AvgIpc) is 2.97. The van der Waals surface area contributed by atoms with Crippen molar-refractivity contribution in [1.82, 2.24) is 15.1 Å². The highest BCUT2D eigenvalue weighted by Crippen LogP contribution is 2.39. The van der Waals surface area contributed by atoms with E-state index in [4.69, 9.17) is 10.3 Å². The minimum atomic E-state index is 0.387. The molecule has 2 aromatic heterocycles. The summed E-state index contributed by atoms with van der Waals surface area (Å²) in [4.78, 5) is 9.49. The van der Waals surface area contributed by atoms with Crippen molar-refractivity contribution in [2.75, 3.05) is 11.5 Å². The van der Waals surface area contributed by atoms with Crippen LogP contribution in [0.25, 0.3) is 10.8 Å². The fourth-order valence-corrected chi connectivity index (χ4v) is 3.81. The van der Waals surface area contributed by atoms with Gasteiger partial charge in [0.2, 0.25) is 0 Å². The summed E-state index contributed by atoms with van der Waals surface area (Å²) in [5.41, 5.74) is 6.51. The summed E-state index contributed by atoms with van der Waals surface area (Å²) < 4.78 is 5.30. The van der Waals surface area contributed by atoms with Gasteiger partial charge in [-0.2, -0.15) is 16.7 Å². The van der Waals surface area contributed by atoms with Crippen LogP contribution in [-0.2, 0) is 0 Å². The van der Waals surface area contributed by atoms with Crippen molar-refractivity contribution in [3.8, 4) is 10.8 Å². The maximum Gasteiger partial charge on any atom is 0.270 e. The number of nitrogens with two attached hydrogens (primary N) is 1. The number of aromatic nitrogens is 3. The van der Waals surface area contributed by atoms with E-state index in [1.165, 1.54) is 23.5 Å². The lowest BCUT2D eigenvalue weighted by Crippen LogP contribution is -1.91. The molecule has 90 valence electrons. The fourth-order valence-electron chi connectivity index (χ4n) is 1.85. The third-order valence-corrected chi connectivity index (χ3v) is 5.01. The first-order valence-corrected chi connectivity index (χ1v) is 7.29. The molecule has 0 saturated carbocycles. The summed E-state index contributed by atoms with van der Waals surface area (Å²) in [7, 11) is 0. The van der Waals surface area contributed by atoms with Crippen LogP contribution in [0.2, 0.25) is 0 Å². The van der Waals surface area contributed by atoms with Crippen LogP contribution in [0.4, 0.5) is 5.13 Å². The van der Waals surface area contributed by atoms with Crippen LogP contribution in [0.5, 0.6) is 0 Å². The lowest BCUT2D eigenvalue weighted by molar-refractivity contribution is 0.422. The highest BCUT2D eigenvalue weighted by molar-refractivity contribution is 7.99. The molecular weight excluding hydrogens is 256 g/mol. The lowest BCUT2D eigenvalue weighted by Gasteiger charge is -1.98. The zero-order valence-corrected chi connectivity index (χ0v) is 11.0. The Morgan fingerprint density at radius 1 is 1.41 bits per heavy atom. The molecule has 7 heteroatoms. The van der Waals surface area contributed by atoms with Crippen LogP contribution in [0.15, 0.2) is 4.52 Å². The van der Waals surface area contributed by atoms with Crippen LogP contribution in [0.3, 0.4) is 0 Å². The Morgan fingerprint density at radius 2 is 2.29 bits per heavy atom. The Hall–Kier alpha value is -1.08. The number of rotatable bonds is 2. The van der Waals surface area contributed by atoms with Gasteiger partial charge in [-0.25, -0.2) is 4.98 Å². The summed E-state index contributed by atoms with van der Waals surface area (Å²) in [6.45, 7) is 1.90. The largest absolute Gasteiger partial charge is 0.375 e. The molecule has 1 unspecified atom stereocenters. The van der Waals surface area contributed by atoms with Crippen LogP contribution < -0.4 is 5.73 Å². The number of nitrogen functional groups attached to an aromatic ring is 1. The van der Waals surface area contributed by atoms with Crippen molar-refractivity contribution in [2.45, 2.75) is 25.0 Å². The summed E-state index contributed by atoms with van der Waals surface area (Å²) >= 11 is 3.28. The van der Waals surface area contributed by atoms with E-state index in [0.717, 1.165) is 22.8 Å². The molecule has 2 aromatic rings. The predicted molar refractivity (Wildman–Crippen MR) is 69.0 cm³/mol. The van der Waals surface area contributed by atoms with Gasteiger partial charge in [-0.3, -0.25) is 0 Å². The molecule has 1 aliphatic rings. The van der Waals surface area contributed by atoms with Crippen LogP contribution in [0.1, 0.15) is 29.6 Å². The van der Waals surface area contributed by atoms with Crippen molar-refractivity contribution in [3.05, 3.63) is 11.5 Å². The van der Waals surface area contributed by atoms with E-state index >= 15 is 0 Å². The van der Waals surface area contributed by atoms with Crippen molar-refractivity contribution in [3.63, 3.8) is 0 Å². The molecule has 0 radical (unpaired) electrons. The molecule has 1 aliphatic heterocycles. The second kappa shape index (κ2) is 4.30. The molecular formula is C10H12N4OS2. The number of thioether (sulfide) groups is 1. The van der Waals surface area contributed by atoms with E-state index in [2.05, 4.69) is 15.1 Å². The van der Waals surface area contributed by atoms with Crippen LogP contribution >= 0.6 is 23.1 Å². The number of hydrogen-bond acceptors (Lipinski definition) is 7. The highest BCUT2D eigenvalue weighted by atomic mass is 32.2. The topological polar surface area (TPSA) is 77.8 Å². The second-order valence-corrected chi connectivity index (χ2v) is 6.27. The predicted octanol–water partition coefficient (Wildman–Crippen LogP) is 2.65. The zero-order valence-electron chi connectivity index (χ0n) is 9.34.